The van der Waals surface area contributed by atoms with Crippen LogP contribution < -0.4 is 4.90 Å². The second-order valence-electron chi connectivity index (χ2n) is 4.94. The topological polar surface area (TPSA) is 29.5 Å². The number of nitrogens with zero attached hydrogens (tertiary/aromatic N) is 1. The number of esters is 1. The van der Waals surface area contributed by atoms with E-state index in [4.69, 9.17) is 4.74 Å². The predicted octanol–water partition coefficient (Wildman–Crippen LogP) is 2.91. The fourth-order valence-electron chi connectivity index (χ4n) is 2.59. The Morgan fingerprint density at radius 2 is 2.11 bits per heavy atom. The molecule has 0 radical (unpaired) electrons. The molecule has 0 aliphatic carbocycles. The average molecular weight is 265 g/mol. The molecular formula is C15H20FNO2. The van der Waals surface area contributed by atoms with E-state index in [1.54, 1.807) is 6.07 Å². The Morgan fingerprint density at radius 1 is 1.42 bits per heavy atom. The molecule has 0 atom stereocenters. The predicted molar refractivity (Wildman–Crippen MR) is 72.7 cm³/mol. The molecule has 0 unspecified atom stereocenters. The van der Waals surface area contributed by atoms with Crippen molar-refractivity contribution < 1.29 is 13.9 Å². The minimum atomic E-state index is -0.206. The van der Waals surface area contributed by atoms with Crippen molar-refractivity contribution >= 4 is 11.7 Å². The third-order valence-electron chi connectivity index (χ3n) is 3.61. The van der Waals surface area contributed by atoms with Crippen LogP contribution in [0.15, 0.2) is 18.2 Å². The second-order valence-corrected chi connectivity index (χ2v) is 4.94. The van der Waals surface area contributed by atoms with Crippen LogP contribution in [0.2, 0.25) is 0 Å². The molecule has 1 fully saturated rings. The third kappa shape index (κ3) is 3.25. The maximum atomic E-state index is 13.1. The number of benzene rings is 1. The highest BCUT2D eigenvalue weighted by atomic mass is 19.1. The lowest BCUT2D eigenvalue weighted by molar-refractivity contribution is -0.148. The number of hydrogen-bond acceptors (Lipinski definition) is 3. The van der Waals surface area contributed by atoms with E-state index in [1.807, 2.05) is 19.9 Å². The number of rotatable bonds is 3. The highest BCUT2D eigenvalue weighted by molar-refractivity contribution is 5.73. The van der Waals surface area contributed by atoms with Gasteiger partial charge in [-0.05, 0) is 50.5 Å². The molecule has 1 aromatic rings. The van der Waals surface area contributed by atoms with E-state index < -0.39 is 0 Å². The molecule has 0 spiro atoms. The van der Waals surface area contributed by atoms with E-state index in [2.05, 4.69) is 4.90 Å². The van der Waals surface area contributed by atoms with Gasteiger partial charge in [0.1, 0.15) is 5.82 Å². The number of aryl methyl sites for hydroxylation is 1. The van der Waals surface area contributed by atoms with Crippen LogP contribution in [-0.4, -0.2) is 25.7 Å². The average Bonchev–Trinajstić information content (AvgIpc) is 2.39. The zero-order valence-corrected chi connectivity index (χ0v) is 11.5. The molecule has 4 heteroatoms. The van der Waals surface area contributed by atoms with Crippen molar-refractivity contribution in [2.45, 2.75) is 26.7 Å². The lowest BCUT2D eigenvalue weighted by Crippen LogP contribution is -2.37. The lowest BCUT2D eigenvalue weighted by atomic mass is 9.96. The summed E-state index contributed by atoms with van der Waals surface area (Å²) in [4.78, 5) is 13.9. The smallest absolute Gasteiger partial charge is 0.309 e. The minimum Gasteiger partial charge on any atom is -0.466 e. The number of hydrogen-bond donors (Lipinski definition) is 0. The number of anilines is 1. The van der Waals surface area contributed by atoms with Crippen molar-refractivity contribution in [1.29, 1.82) is 0 Å². The van der Waals surface area contributed by atoms with Crippen LogP contribution in [0.5, 0.6) is 0 Å². The summed E-state index contributed by atoms with van der Waals surface area (Å²) in [7, 11) is 0. The van der Waals surface area contributed by atoms with E-state index in [1.165, 1.54) is 6.07 Å². The Balaban J connectivity index is 1.98. The highest BCUT2D eigenvalue weighted by Gasteiger charge is 2.26. The number of halogens is 1. The van der Waals surface area contributed by atoms with Crippen molar-refractivity contribution in [3.8, 4) is 0 Å². The summed E-state index contributed by atoms with van der Waals surface area (Å²) >= 11 is 0. The molecule has 3 nitrogen and oxygen atoms in total. The van der Waals surface area contributed by atoms with Gasteiger partial charge in [-0.25, -0.2) is 4.39 Å². The van der Waals surface area contributed by atoms with Gasteiger partial charge < -0.3 is 9.64 Å². The van der Waals surface area contributed by atoms with Crippen LogP contribution in [0.4, 0.5) is 10.1 Å². The Kier molecular flexibility index (Phi) is 4.40. The van der Waals surface area contributed by atoms with Crippen molar-refractivity contribution in [2.24, 2.45) is 5.92 Å². The van der Waals surface area contributed by atoms with Gasteiger partial charge in [0.05, 0.1) is 12.5 Å². The summed E-state index contributed by atoms with van der Waals surface area (Å²) in [6.07, 6.45) is 1.60. The summed E-state index contributed by atoms with van der Waals surface area (Å²) in [6.45, 7) is 5.81. The first-order valence-electron chi connectivity index (χ1n) is 6.79. The molecule has 0 N–H and O–H groups in total. The lowest BCUT2D eigenvalue weighted by Gasteiger charge is -2.33. The Labute approximate surface area is 113 Å². The summed E-state index contributed by atoms with van der Waals surface area (Å²) in [5, 5.41) is 0. The van der Waals surface area contributed by atoms with Crippen LogP contribution >= 0.6 is 0 Å². The second kappa shape index (κ2) is 6.04. The molecule has 19 heavy (non-hydrogen) atoms. The Bertz CT molecular complexity index is 453. The first kappa shape index (κ1) is 13.8. The molecule has 0 saturated carbocycles. The highest BCUT2D eigenvalue weighted by Crippen LogP contribution is 2.27. The van der Waals surface area contributed by atoms with Crippen LogP contribution in [0.3, 0.4) is 0 Å². The quantitative estimate of drug-likeness (QED) is 0.787. The Hall–Kier alpha value is -1.58. The molecule has 2 rings (SSSR count). The zero-order chi connectivity index (χ0) is 13.8. The fourth-order valence-corrected chi connectivity index (χ4v) is 2.59. The van der Waals surface area contributed by atoms with Gasteiger partial charge in [-0.3, -0.25) is 4.79 Å². The fraction of sp³-hybridized carbons (Fsp3) is 0.533. The number of carbonyl (C=O) groups excluding carboxylic acids is 1. The van der Waals surface area contributed by atoms with Gasteiger partial charge in [0.2, 0.25) is 0 Å². The molecule has 0 aromatic heterocycles. The van der Waals surface area contributed by atoms with E-state index in [0.29, 0.717) is 6.61 Å². The molecule has 1 heterocycles. The first-order chi connectivity index (χ1) is 9.11. The molecule has 104 valence electrons. The van der Waals surface area contributed by atoms with Gasteiger partial charge in [0, 0.05) is 18.8 Å². The molecule has 1 aliphatic heterocycles. The van der Waals surface area contributed by atoms with E-state index in [-0.39, 0.29) is 17.7 Å². The number of piperidine rings is 1. The van der Waals surface area contributed by atoms with Crippen LogP contribution in [0, 0.1) is 18.7 Å². The molecule has 1 saturated heterocycles. The zero-order valence-electron chi connectivity index (χ0n) is 11.5. The minimum absolute atomic E-state index is 0.0111. The summed E-state index contributed by atoms with van der Waals surface area (Å²) in [6, 6.07) is 4.85. The SMILES string of the molecule is CCOC(=O)C1CCN(c2ccc(F)cc2C)CC1. The third-order valence-corrected chi connectivity index (χ3v) is 3.61. The summed E-state index contributed by atoms with van der Waals surface area (Å²) in [5.74, 6) is -0.280. The molecule has 1 aromatic carbocycles. The maximum Gasteiger partial charge on any atom is 0.309 e. The van der Waals surface area contributed by atoms with Crippen LogP contribution in [0.25, 0.3) is 0 Å². The van der Waals surface area contributed by atoms with Crippen LogP contribution in [-0.2, 0) is 9.53 Å². The van der Waals surface area contributed by atoms with Gasteiger partial charge in [-0.2, -0.15) is 0 Å². The van der Waals surface area contributed by atoms with Gasteiger partial charge in [-0.15, -0.1) is 0 Å². The van der Waals surface area contributed by atoms with Crippen molar-refractivity contribution in [3.05, 3.63) is 29.6 Å². The standard InChI is InChI=1S/C15H20FNO2/c1-3-19-15(18)12-6-8-17(9-7-12)14-5-4-13(16)10-11(14)2/h4-5,10,12H,3,6-9H2,1-2H3. The van der Waals surface area contributed by atoms with Gasteiger partial charge in [0.25, 0.3) is 0 Å². The molecule has 0 amide bonds. The first-order valence-corrected chi connectivity index (χ1v) is 6.79. The van der Waals surface area contributed by atoms with Crippen molar-refractivity contribution in [1.82, 2.24) is 0 Å². The van der Waals surface area contributed by atoms with E-state index >= 15 is 0 Å². The van der Waals surface area contributed by atoms with Gasteiger partial charge in [0.15, 0.2) is 0 Å². The molecular weight excluding hydrogens is 245 g/mol. The number of ether oxygens (including phenoxy) is 1. The van der Waals surface area contributed by atoms with Crippen molar-refractivity contribution in [2.75, 3.05) is 24.6 Å². The van der Waals surface area contributed by atoms with E-state index in [9.17, 15) is 9.18 Å². The van der Waals surface area contributed by atoms with Crippen LogP contribution in [0.1, 0.15) is 25.3 Å². The molecule has 0 bridgehead atoms. The van der Waals surface area contributed by atoms with Gasteiger partial charge >= 0.3 is 5.97 Å². The maximum absolute atomic E-state index is 13.1. The Morgan fingerprint density at radius 3 is 2.68 bits per heavy atom. The summed E-state index contributed by atoms with van der Waals surface area (Å²) in [5.41, 5.74) is 2.00. The van der Waals surface area contributed by atoms with Crippen molar-refractivity contribution in [3.63, 3.8) is 0 Å². The number of carbonyl (C=O) groups is 1. The van der Waals surface area contributed by atoms with E-state index in [0.717, 1.165) is 37.2 Å². The van der Waals surface area contributed by atoms with Gasteiger partial charge in [-0.1, -0.05) is 0 Å². The molecule has 1 aliphatic rings. The normalized spacial score (nSPS) is 16.5. The monoisotopic (exact) mass is 265 g/mol. The largest absolute Gasteiger partial charge is 0.466 e. The summed E-state index contributed by atoms with van der Waals surface area (Å²) < 4.78 is 18.1.